The number of carboxylic acids is 1. The van der Waals surface area contributed by atoms with Crippen LogP contribution in [0.3, 0.4) is 0 Å². The number of benzene rings is 4. The molecule has 0 bridgehead atoms. The SMILES string of the molecule is C.C.C.COc1ccc(CC(CC(=O)[C@H](C)CC(=O)CN2CC(C)O[C@H](C)C2)C(=O)NC(Cc2ccccc2)C(=O)[C@@]2(C)CO2)cc1.COc1ccc(CC(CC(=O)[C@H](C)N)C(=O)NC(Cc2ccccc2)C(=O)[C@@]2(C)CO2)cc1.C[C@@H]1CN(CC(=O)O)C[C@H](C)O1.F.FF. The summed E-state index contributed by atoms with van der Waals surface area (Å²) >= 11 is 0. The van der Waals surface area contributed by atoms with Crippen LogP contribution in [0.1, 0.15) is 119 Å². The third-order valence-electron chi connectivity index (χ3n) is 16.3. The summed E-state index contributed by atoms with van der Waals surface area (Å²) in [5.41, 5.74) is 7.56. The Kier molecular flexibility index (Phi) is 37.6. The number of carbonyl (C=O) groups excluding carboxylic acids is 7. The molecule has 0 aliphatic carbocycles. The number of amides is 2. The van der Waals surface area contributed by atoms with Gasteiger partial charge in [0.05, 0.1) is 83.1 Å². The van der Waals surface area contributed by atoms with Crippen LogP contribution in [-0.2, 0) is 83.0 Å². The second-order valence-electron chi connectivity index (χ2n) is 24.8. The molecule has 0 aromatic heterocycles. The van der Waals surface area contributed by atoms with Crippen molar-refractivity contribution < 1.29 is 85.7 Å². The normalized spacial score (nSPS) is 21.9. The number of carboxylic acid groups (broad SMARTS) is 1. The third-order valence-corrected chi connectivity index (χ3v) is 16.3. The largest absolute Gasteiger partial charge is 0.497 e. The first-order valence-electron chi connectivity index (χ1n) is 31.0. The Labute approximate surface area is 560 Å². The van der Waals surface area contributed by atoms with Crippen molar-refractivity contribution in [2.24, 2.45) is 23.5 Å². The number of nitrogens with two attached hydrogens (primary N) is 1. The summed E-state index contributed by atoms with van der Waals surface area (Å²) in [7, 11) is 3.17. The maximum Gasteiger partial charge on any atom is 0.317 e. The number of ketones is 5. The molecule has 4 fully saturated rings. The maximum atomic E-state index is 13.9. The molecule has 23 heteroatoms. The Morgan fingerprint density at radius 3 is 1.19 bits per heavy atom. The van der Waals surface area contributed by atoms with Crippen LogP contribution < -0.4 is 25.8 Å². The molecule has 12 atom stereocenters. The van der Waals surface area contributed by atoms with Gasteiger partial charge in [-0.25, -0.2) is 0 Å². The lowest BCUT2D eigenvalue weighted by Crippen LogP contribution is -2.50. The maximum absolute atomic E-state index is 13.9. The first-order valence-corrected chi connectivity index (χ1v) is 31.0. The Hall–Kier alpha value is -7.25. The number of hydrogen-bond acceptors (Lipinski definition) is 17. The topological polar surface area (TPSA) is 275 Å². The zero-order chi connectivity index (χ0) is 67.0. The molecule has 4 aromatic carbocycles. The number of carbonyl (C=O) groups is 8. The number of morpholine rings is 2. The van der Waals surface area contributed by atoms with Gasteiger partial charge in [-0.05, 0) is 121 Å². The summed E-state index contributed by atoms with van der Waals surface area (Å²) in [5.74, 6) is -2.73. The zero-order valence-corrected chi connectivity index (χ0v) is 54.6. The van der Waals surface area contributed by atoms with Crippen molar-refractivity contribution in [1.82, 2.24) is 20.4 Å². The second kappa shape index (κ2) is 41.7. The quantitative estimate of drug-likeness (QED) is 0.0355. The summed E-state index contributed by atoms with van der Waals surface area (Å²) in [6.45, 7) is 18.6. The number of Topliss-reactive ketones (excluding diaryl/α,β-unsaturated/α-hetero) is 5. The number of aliphatic carboxylic acids is 1. The molecule has 20 nitrogen and oxygen atoms in total. The van der Waals surface area contributed by atoms with Crippen molar-refractivity contribution in [1.29, 1.82) is 0 Å². The monoisotopic (exact) mass is 1340 g/mol. The molecule has 4 aliphatic rings. The Balaban J connectivity index is 0.000000780. The van der Waals surface area contributed by atoms with Crippen molar-refractivity contribution in [3.63, 3.8) is 0 Å². The fourth-order valence-electron chi connectivity index (χ4n) is 11.2. The summed E-state index contributed by atoms with van der Waals surface area (Å²) in [4.78, 5) is 107. The van der Waals surface area contributed by atoms with Crippen LogP contribution in [0.2, 0.25) is 0 Å². The minimum absolute atomic E-state index is 0. The van der Waals surface area contributed by atoms with Crippen molar-refractivity contribution in [3.05, 3.63) is 131 Å². The molecular weight excluding hydrogens is 1230 g/mol. The van der Waals surface area contributed by atoms with Gasteiger partial charge in [-0.2, -0.15) is 0 Å². The average molecular weight is 1340 g/mol. The molecule has 5 unspecified atom stereocenters. The smallest absolute Gasteiger partial charge is 0.317 e. The van der Waals surface area contributed by atoms with E-state index >= 15 is 0 Å². The van der Waals surface area contributed by atoms with Crippen molar-refractivity contribution >= 4 is 46.7 Å². The molecule has 4 saturated heterocycles. The van der Waals surface area contributed by atoms with Gasteiger partial charge in [-0.3, -0.25) is 52.9 Å². The van der Waals surface area contributed by atoms with E-state index in [1.807, 2.05) is 142 Å². The first-order chi connectivity index (χ1) is 43.2. The van der Waals surface area contributed by atoms with Gasteiger partial charge < -0.3 is 49.9 Å². The molecular formula is C72H106F3N5O15. The standard InChI is InChI=1S/C35H46N2O7.C26H32N2O5.C8H15NO3.3CH4.F2.FH/c1-23(15-29(38)21-37-19-24(2)44-25(3)20-37)32(39)18-28(16-27-11-13-30(42-5)14-12-27)34(41)36-31(33(40)35(4)22-43-35)17-26-9-7-6-8-10-26;1-17(27)23(29)15-20(13-19-9-11-21(32-3)12-10-19)25(31)28-22(24(30)26(2)16-33-26)14-18-7-5-4-6-8-18;1-6-3-9(5-8(10)11)4-7(2)12-6;;;;1-2;/h6-14,23-25,28,31H,15-22H2,1-5H3,(H,36,41);4-12,17,20,22H,13-16,27H2,1-3H3,(H,28,31);6-7H,3-5H2,1-2H3,(H,10,11);3*1H4;;1H/t23-,24-,25?,28?,31?,35-;17-,20?,22?,26+;6-,7+;;;;;/m10....../s1. The minimum Gasteiger partial charge on any atom is -0.497 e. The zero-order valence-electron chi connectivity index (χ0n) is 54.6. The predicted octanol–water partition coefficient (Wildman–Crippen LogP) is 8.93. The third kappa shape index (κ3) is 28.9. The van der Waals surface area contributed by atoms with E-state index in [0.717, 1.165) is 35.3 Å². The molecule has 530 valence electrons. The number of hydrogen-bond donors (Lipinski definition) is 4. The number of rotatable bonds is 30. The molecule has 5 N–H and O–H groups in total. The van der Waals surface area contributed by atoms with Crippen LogP contribution in [0.4, 0.5) is 13.9 Å². The van der Waals surface area contributed by atoms with E-state index in [2.05, 4.69) is 15.5 Å². The summed E-state index contributed by atoms with van der Waals surface area (Å²) in [5, 5.41) is 14.4. The number of methoxy groups -OCH3 is 2. The fourth-order valence-corrected chi connectivity index (χ4v) is 11.2. The van der Waals surface area contributed by atoms with E-state index in [9.17, 15) is 38.4 Å². The lowest BCUT2D eigenvalue weighted by Gasteiger charge is -2.34. The van der Waals surface area contributed by atoms with Crippen LogP contribution in [0.15, 0.2) is 109 Å². The van der Waals surface area contributed by atoms with Gasteiger partial charge in [0, 0.05) is 72.3 Å². The van der Waals surface area contributed by atoms with Crippen molar-refractivity contribution in [2.45, 2.75) is 176 Å². The van der Waals surface area contributed by atoms with Crippen LogP contribution in [0.5, 0.6) is 11.5 Å². The molecule has 0 radical (unpaired) electrons. The highest BCUT2D eigenvalue weighted by molar-refractivity contribution is 5.99. The molecule has 0 spiro atoms. The number of nitrogens with one attached hydrogen (secondary N) is 2. The van der Waals surface area contributed by atoms with Crippen LogP contribution in [0.25, 0.3) is 0 Å². The molecule has 2 amide bonds. The van der Waals surface area contributed by atoms with Gasteiger partial charge in [0.1, 0.15) is 40.1 Å². The van der Waals surface area contributed by atoms with Crippen molar-refractivity contribution in [2.75, 3.05) is 66.7 Å². The van der Waals surface area contributed by atoms with E-state index in [4.69, 9.17) is 48.4 Å². The lowest BCUT2D eigenvalue weighted by atomic mass is 9.87. The number of epoxide rings is 2. The Bertz CT molecular complexity index is 2970. The van der Waals surface area contributed by atoms with Crippen LogP contribution in [0, 0.1) is 17.8 Å². The second-order valence-corrected chi connectivity index (χ2v) is 24.8. The predicted molar refractivity (Wildman–Crippen MR) is 360 cm³/mol. The van der Waals surface area contributed by atoms with Gasteiger partial charge in [-0.1, -0.05) is 114 Å². The highest BCUT2D eigenvalue weighted by Gasteiger charge is 2.51. The molecule has 4 heterocycles. The molecule has 8 rings (SSSR count). The number of ether oxygens (including phenoxy) is 6. The van der Waals surface area contributed by atoms with Gasteiger partial charge in [0.25, 0.3) is 0 Å². The number of halogens is 3. The van der Waals surface area contributed by atoms with E-state index in [1.165, 1.54) is 0 Å². The van der Waals surface area contributed by atoms with E-state index in [1.54, 1.807) is 41.9 Å². The minimum atomic E-state index is -0.918. The highest BCUT2D eigenvalue weighted by atomic mass is 20.0. The average Bonchev–Trinajstić information content (AvgIpc) is 1.65. The summed E-state index contributed by atoms with van der Waals surface area (Å²) < 4.78 is 48.5. The van der Waals surface area contributed by atoms with E-state index in [0.29, 0.717) is 63.5 Å². The fraction of sp³-hybridized carbons (Fsp3) is 0.556. The lowest BCUT2D eigenvalue weighted by molar-refractivity contribution is -0.141. The Morgan fingerprint density at radius 1 is 0.547 bits per heavy atom. The highest BCUT2D eigenvalue weighted by Crippen LogP contribution is 2.31. The number of nitrogens with zero attached hydrogens (tertiary/aromatic N) is 2. The van der Waals surface area contributed by atoms with Crippen LogP contribution >= 0.6 is 0 Å². The van der Waals surface area contributed by atoms with Crippen molar-refractivity contribution in [3.8, 4) is 11.5 Å². The summed E-state index contributed by atoms with van der Waals surface area (Å²) in [6.07, 6.45) is 1.76. The molecule has 0 saturated carbocycles. The Morgan fingerprint density at radius 2 is 0.874 bits per heavy atom. The molecule has 95 heavy (non-hydrogen) atoms. The van der Waals surface area contributed by atoms with E-state index < -0.39 is 53.1 Å². The van der Waals surface area contributed by atoms with Gasteiger partial charge >= 0.3 is 5.97 Å². The molecule has 4 aliphatic heterocycles. The van der Waals surface area contributed by atoms with Gasteiger partial charge in [0.15, 0.2) is 11.6 Å². The van der Waals surface area contributed by atoms with Crippen LogP contribution in [-0.4, -0.2) is 182 Å². The van der Waals surface area contributed by atoms with Gasteiger partial charge in [0.2, 0.25) is 11.8 Å². The summed E-state index contributed by atoms with van der Waals surface area (Å²) in [6, 6.07) is 31.5. The molecule has 4 aromatic rings. The van der Waals surface area contributed by atoms with Gasteiger partial charge in [-0.15, -0.1) is 0 Å². The first kappa shape index (κ1) is 85.8. The van der Waals surface area contributed by atoms with E-state index in [-0.39, 0.29) is 124 Å².